The zero-order valence-electron chi connectivity index (χ0n) is 12.0. The van der Waals surface area contributed by atoms with Crippen LogP contribution >= 0.6 is 0 Å². The monoisotopic (exact) mass is 305 g/mol. The number of anilines is 1. The van der Waals surface area contributed by atoms with E-state index >= 15 is 0 Å². The van der Waals surface area contributed by atoms with Crippen molar-refractivity contribution in [3.63, 3.8) is 0 Å². The Labute approximate surface area is 125 Å². The van der Waals surface area contributed by atoms with Crippen LogP contribution in [0.5, 0.6) is 5.75 Å². The average molecular weight is 305 g/mol. The van der Waals surface area contributed by atoms with Gasteiger partial charge in [0.2, 0.25) is 0 Å². The molecule has 2 heterocycles. The minimum Gasteiger partial charge on any atom is -0.487 e. The van der Waals surface area contributed by atoms with Crippen LogP contribution in [0.25, 0.3) is 0 Å². The summed E-state index contributed by atoms with van der Waals surface area (Å²) in [5, 5.41) is 0. The molecule has 0 unspecified atom stereocenters. The Kier molecular flexibility index (Phi) is 3.48. The van der Waals surface area contributed by atoms with Crippen molar-refractivity contribution in [1.29, 1.82) is 0 Å². The Morgan fingerprint density at radius 2 is 2.00 bits per heavy atom. The maximum atomic E-state index is 13.5. The second-order valence-electron chi connectivity index (χ2n) is 5.12. The number of halogens is 2. The average Bonchev–Trinajstić information content (AvgIpc) is 2.47. The quantitative estimate of drug-likeness (QED) is 0.812. The fraction of sp³-hybridized carbons (Fsp3) is 0.267. The largest absolute Gasteiger partial charge is 0.487 e. The number of rotatable bonds is 1. The lowest BCUT2D eigenvalue weighted by atomic mass is 10.1. The molecule has 1 aliphatic heterocycles. The van der Waals surface area contributed by atoms with E-state index in [2.05, 4.69) is 9.97 Å². The molecule has 7 heteroatoms. The van der Waals surface area contributed by atoms with Gasteiger partial charge in [0.1, 0.15) is 23.9 Å². The molecule has 0 spiro atoms. The lowest BCUT2D eigenvalue weighted by Gasteiger charge is -2.33. The number of benzene rings is 1. The van der Waals surface area contributed by atoms with Crippen molar-refractivity contribution in [2.45, 2.75) is 20.0 Å². The SMILES string of the molecule is Cc1cc(C(=O)N2C[C@H](C)Oc3cc(F)c(F)cc32)ncn1. The maximum absolute atomic E-state index is 13.5. The van der Waals surface area contributed by atoms with Gasteiger partial charge in [-0.1, -0.05) is 0 Å². The molecule has 0 saturated carbocycles. The summed E-state index contributed by atoms with van der Waals surface area (Å²) in [5.74, 6) is -2.32. The van der Waals surface area contributed by atoms with Gasteiger partial charge in [0.05, 0.1) is 12.2 Å². The molecule has 1 atom stereocenters. The first-order valence-corrected chi connectivity index (χ1v) is 6.72. The number of amides is 1. The van der Waals surface area contributed by atoms with Crippen LogP contribution in [0.4, 0.5) is 14.5 Å². The summed E-state index contributed by atoms with van der Waals surface area (Å²) in [5.41, 5.74) is 1.03. The molecular formula is C15H13F2N3O2. The van der Waals surface area contributed by atoms with Gasteiger partial charge in [-0.2, -0.15) is 0 Å². The molecule has 0 fully saturated rings. The van der Waals surface area contributed by atoms with Gasteiger partial charge in [-0.25, -0.2) is 18.7 Å². The minimum atomic E-state index is -1.03. The standard InChI is InChI=1S/C15H13F2N3O2/c1-8-3-12(19-7-18-8)15(21)20-6-9(2)22-14-5-11(17)10(16)4-13(14)20/h3-5,7,9H,6H2,1-2H3/t9-/m0/s1. The Hall–Kier alpha value is -2.57. The molecule has 1 amide bonds. The fourth-order valence-electron chi connectivity index (χ4n) is 2.33. The van der Waals surface area contributed by atoms with Crippen molar-refractivity contribution >= 4 is 11.6 Å². The minimum absolute atomic E-state index is 0.136. The van der Waals surface area contributed by atoms with E-state index < -0.39 is 17.5 Å². The summed E-state index contributed by atoms with van der Waals surface area (Å²) in [6, 6.07) is 3.45. The van der Waals surface area contributed by atoms with E-state index in [1.54, 1.807) is 19.9 Å². The molecule has 114 valence electrons. The third kappa shape index (κ3) is 2.49. The van der Waals surface area contributed by atoms with Gasteiger partial charge < -0.3 is 4.74 Å². The highest BCUT2D eigenvalue weighted by Gasteiger charge is 2.30. The number of nitrogens with zero attached hydrogens (tertiary/aromatic N) is 3. The highest BCUT2D eigenvalue weighted by Crippen LogP contribution is 2.35. The van der Waals surface area contributed by atoms with Gasteiger partial charge in [-0.15, -0.1) is 0 Å². The predicted molar refractivity (Wildman–Crippen MR) is 74.9 cm³/mol. The predicted octanol–water partition coefficient (Wildman–Crippen LogP) is 2.49. The number of carbonyl (C=O) groups excluding carboxylic acids is 1. The molecule has 22 heavy (non-hydrogen) atoms. The number of ether oxygens (including phenoxy) is 1. The van der Waals surface area contributed by atoms with Crippen molar-refractivity contribution in [3.8, 4) is 5.75 Å². The van der Waals surface area contributed by atoms with E-state index in [1.807, 2.05) is 0 Å². The van der Waals surface area contributed by atoms with Gasteiger partial charge in [0.25, 0.3) is 5.91 Å². The molecule has 0 N–H and O–H groups in total. The van der Waals surface area contributed by atoms with Crippen LogP contribution in [0.3, 0.4) is 0 Å². The molecule has 0 saturated heterocycles. The van der Waals surface area contributed by atoms with E-state index in [-0.39, 0.29) is 29.8 Å². The summed E-state index contributed by atoms with van der Waals surface area (Å²) in [4.78, 5) is 21.8. The van der Waals surface area contributed by atoms with Gasteiger partial charge >= 0.3 is 0 Å². The molecule has 3 rings (SSSR count). The molecule has 0 radical (unpaired) electrons. The molecule has 0 aliphatic carbocycles. The van der Waals surface area contributed by atoms with Crippen LogP contribution in [0.1, 0.15) is 23.1 Å². The highest BCUT2D eigenvalue weighted by molar-refractivity contribution is 6.06. The Bertz CT molecular complexity index is 752. The van der Waals surface area contributed by atoms with Gasteiger partial charge in [0.15, 0.2) is 11.6 Å². The summed E-state index contributed by atoms with van der Waals surface area (Å²) < 4.78 is 32.3. The number of fused-ring (bicyclic) bond motifs is 1. The second-order valence-corrected chi connectivity index (χ2v) is 5.12. The summed E-state index contributed by atoms with van der Waals surface area (Å²) in [6.07, 6.45) is 0.947. The number of hydrogen-bond acceptors (Lipinski definition) is 4. The van der Waals surface area contributed by atoms with Crippen LogP contribution in [-0.4, -0.2) is 28.5 Å². The maximum Gasteiger partial charge on any atom is 0.277 e. The van der Waals surface area contributed by atoms with E-state index in [4.69, 9.17) is 4.74 Å². The van der Waals surface area contributed by atoms with Gasteiger partial charge in [-0.3, -0.25) is 9.69 Å². The van der Waals surface area contributed by atoms with Crippen LogP contribution < -0.4 is 9.64 Å². The fourth-order valence-corrected chi connectivity index (χ4v) is 2.33. The zero-order valence-corrected chi connectivity index (χ0v) is 12.0. The van der Waals surface area contributed by atoms with Crippen LogP contribution in [0.2, 0.25) is 0 Å². The molecule has 1 aromatic heterocycles. The Balaban J connectivity index is 2.05. The first-order valence-electron chi connectivity index (χ1n) is 6.72. The first kappa shape index (κ1) is 14.4. The normalized spacial score (nSPS) is 16.9. The molecule has 2 aromatic rings. The molecular weight excluding hydrogens is 292 g/mol. The van der Waals surface area contributed by atoms with Crippen molar-refractivity contribution < 1.29 is 18.3 Å². The van der Waals surface area contributed by atoms with Gasteiger partial charge in [0, 0.05) is 17.8 Å². The second kappa shape index (κ2) is 5.32. The summed E-state index contributed by atoms with van der Waals surface area (Å²) >= 11 is 0. The van der Waals surface area contributed by atoms with Crippen LogP contribution in [0.15, 0.2) is 24.5 Å². The van der Waals surface area contributed by atoms with E-state index in [1.165, 1.54) is 11.2 Å². The summed E-state index contributed by atoms with van der Waals surface area (Å²) in [6.45, 7) is 3.71. The van der Waals surface area contributed by atoms with Crippen molar-refractivity contribution in [3.05, 3.63) is 47.5 Å². The molecule has 0 bridgehead atoms. The lowest BCUT2D eigenvalue weighted by molar-refractivity contribution is 0.0955. The Morgan fingerprint density at radius 3 is 2.73 bits per heavy atom. The molecule has 1 aliphatic rings. The molecule has 1 aromatic carbocycles. The molecule has 5 nitrogen and oxygen atoms in total. The van der Waals surface area contributed by atoms with Crippen LogP contribution in [-0.2, 0) is 0 Å². The van der Waals surface area contributed by atoms with E-state index in [9.17, 15) is 13.6 Å². The number of aryl methyl sites for hydroxylation is 1. The third-order valence-corrected chi connectivity index (χ3v) is 3.33. The van der Waals surface area contributed by atoms with Crippen LogP contribution in [0, 0.1) is 18.6 Å². The van der Waals surface area contributed by atoms with Crippen molar-refractivity contribution in [1.82, 2.24) is 9.97 Å². The zero-order chi connectivity index (χ0) is 15.9. The first-order chi connectivity index (χ1) is 10.5. The van der Waals surface area contributed by atoms with E-state index in [0.29, 0.717) is 5.69 Å². The van der Waals surface area contributed by atoms with Gasteiger partial charge in [-0.05, 0) is 19.9 Å². The number of aromatic nitrogens is 2. The Morgan fingerprint density at radius 1 is 1.27 bits per heavy atom. The van der Waals surface area contributed by atoms with Crippen molar-refractivity contribution in [2.75, 3.05) is 11.4 Å². The van der Waals surface area contributed by atoms with E-state index in [0.717, 1.165) is 12.1 Å². The third-order valence-electron chi connectivity index (χ3n) is 3.33. The smallest absolute Gasteiger partial charge is 0.277 e. The number of carbonyl (C=O) groups is 1. The lowest BCUT2D eigenvalue weighted by Crippen LogP contribution is -2.42. The topological polar surface area (TPSA) is 55.3 Å². The summed E-state index contributed by atoms with van der Waals surface area (Å²) in [7, 11) is 0. The number of hydrogen-bond donors (Lipinski definition) is 0. The van der Waals surface area contributed by atoms with Crippen molar-refractivity contribution in [2.24, 2.45) is 0 Å². The highest BCUT2D eigenvalue weighted by atomic mass is 19.2.